The third-order valence-electron chi connectivity index (χ3n) is 4.07. The van der Waals surface area contributed by atoms with Crippen LogP contribution in [-0.2, 0) is 19.3 Å². The molecule has 1 amide bonds. The summed E-state index contributed by atoms with van der Waals surface area (Å²) in [6.07, 6.45) is 5.42. The van der Waals surface area contributed by atoms with Crippen molar-refractivity contribution in [3.63, 3.8) is 0 Å². The van der Waals surface area contributed by atoms with Crippen molar-refractivity contribution in [3.8, 4) is 0 Å². The number of fused-ring (bicyclic) bond motifs is 1. The van der Waals surface area contributed by atoms with E-state index in [1.807, 2.05) is 12.3 Å². The van der Waals surface area contributed by atoms with Crippen molar-refractivity contribution < 1.29 is 4.79 Å². The van der Waals surface area contributed by atoms with Gasteiger partial charge in [0.1, 0.15) is 5.01 Å². The van der Waals surface area contributed by atoms with Crippen LogP contribution in [0.4, 0.5) is 5.13 Å². The molecule has 0 saturated carbocycles. The fourth-order valence-electron chi connectivity index (χ4n) is 2.73. The number of aromatic nitrogens is 2. The highest BCUT2D eigenvalue weighted by Gasteiger charge is 2.24. The van der Waals surface area contributed by atoms with Gasteiger partial charge in [-0.15, -0.1) is 21.5 Å². The Hall–Kier alpha value is -1.27. The summed E-state index contributed by atoms with van der Waals surface area (Å²) in [5, 5.41) is 14.5. The van der Waals surface area contributed by atoms with E-state index in [-0.39, 0.29) is 5.91 Å². The highest BCUT2D eigenvalue weighted by atomic mass is 32.1. The van der Waals surface area contributed by atoms with Gasteiger partial charge in [0, 0.05) is 10.3 Å². The van der Waals surface area contributed by atoms with Gasteiger partial charge in [-0.05, 0) is 37.2 Å². The molecule has 0 bridgehead atoms. The van der Waals surface area contributed by atoms with E-state index in [4.69, 9.17) is 0 Å². The largest absolute Gasteiger partial charge is 0.296 e. The minimum atomic E-state index is -0.0405. The van der Waals surface area contributed by atoms with Crippen LogP contribution in [0.15, 0.2) is 5.38 Å². The molecule has 2 aromatic heterocycles. The van der Waals surface area contributed by atoms with Gasteiger partial charge in [-0.2, -0.15) is 0 Å². The van der Waals surface area contributed by atoms with Crippen LogP contribution in [0.25, 0.3) is 0 Å². The number of thiophene rings is 1. The summed E-state index contributed by atoms with van der Waals surface area (Å²) in [5.41, 5.74) is 2.08. The Kier molecular flexibility index (Phi) is 4.35. The van der Waals surface area contributed by atoms with Crippen molar-refractivity contribution in [3.05, 3.63) is 26.4 Å². The Morgan fingerprint density at radius 1 is 1.43 bits per heavy atom. The third-order valence-corrected chi connectivity index (χ3v) is 6.10. The second-order valence-corrected chi connectivity index (χ2v) is 7.40. The molecule has 1 aliphatic carbocycles. The van der Waals surface area contributed by atoms with Crippen molar-refractivity contribution in [1.29, 1.82) is 0 Å². The molecule has 3 rings (SSSR count). The Labute approximate surface area is 132 Å². The summed E-state index contributed by atoms with van der Waals surface area (Å²) >= 11 is 3.18. The minimum absolute atomic E-state index is 0.0405. The molecule has 21 heavy (non-hydrogen) atoms. The van der Waals surface area contributed by atoms with Gasteiger partial charge in [0.05, 0.1) is 5.56 Å². The topological polar surface area (TPSA) is 54.9 Å². The molecular formula is C15H19N3OS2. The van der Waals surface area contributed by atoms with E-state index in [1.165, 1.54) is 34.6 Å². The van der Waals surface area contributed by atoms with Gasteiger partial charge in [-0.25, -0.2) is 0 Å². The maximum Gasteiger partial charge on any atom is 0.258 e. The number of carbonyl (C=O) groups excluding carboxylic acids is 1. The molecule has 2 heterocycles. The lowest BCUT2D eigenvalue weighted by Crippen LogP contribution is -2.17. The van der Waals surface area contributed by atoms with Crippen LogP contribution in [-0.4, -0.2) is 16.1 Å². The number of nitrogens with zero attached hydrogens (tertiary/aromatic N) is 2. The van der Waals surface area contributed by atoms with Gasteiger partial charge in [-0.3, -0.25) is 10.1 Å². The van der Waals surface area contributed by atoms with E-state index in [0.717, 1.165) is 35.8 Å². The van der Waals surface area contributed by atoms with Crippen LogP contribution in [0.3, 0.4) is 0 Å². The number of nitrogens with one attached hydrogen (secondary N) is 1. The molecule has 1 aliphatic rings. The maximum atomic E-state index is 12.4. The molecular weight excluding hydrogens is 302 g/mol. The first kappa shape index (κ1) is 14.7. The summed E-state index contributed by atoms with van der Waals surface area (Å²) in [4.78, 5) is 13.8. The Bertz CT molecular complexity index is 647. The lowest BCUT2D eigenvalue weighted by atomic mass is 9.86. The lowest BCUT2D eigenvalue weighted by Gasteiger charge is -2.21. The molecule has 1 N–H and O–H groups in total. The van der Waals surface area contributed by atoms with Gasteiger partial charge < -0.3 is 0 Å². The highest BCUT2D eigenvalue weighted by molar-refractivity contribution is 7.15. The van der Waals surface area contributed by atoms with Crippen molar-refractivity contribution in [2.45, 2.75) is 46.0 Å². The van der Waals surface area contributed by atoms with Gasteiger partial charge in [0.25, 0.3) is 5.91 Å². The van der Waals surface area contributed by atoms with Crippen LogP contribution in [0.2, 0.25) is 0 Å². The molecule has 6 heteroatoms. The quantitative estimate of drug-likeness (QED) is 0.928. The smallest absolute Gasteiger partial charge is 0.258 e. The molecule has 0 spiro atoms. The Balaban J connectivity index is 1.75. The van der Waals surface area contributed by atoms with Crippen LogP contribution in [0.5, 0.6) is 0 Å². The fourth-order valence-corrected chi connectivity index (χ4v) is 4.60. The van der Waals surface area contributed by atoms with E-state index in [1.54, 1.807) is 11.3 Å². The van der Waals surface area contributed by atoms with Crippen molar-refractivity contribution >= 4 is 33.7 Å². The second kappa shape index (κ2) is 6.23. The SMILES string of the molecule is CCc1nnc(NC(=O)c2csc3c2CC[C@@H](CC)C3)s1. The van der Waals surface area contributed by atoms with Crippen LogP contribution in [0.1, 0.15) is 52.5 Å². The first-order valence-electron chi connectivity index (χ1n) is 7.44. The number of anilines is 1. The monoisotopic (exact) mass is 321 g/mol. The van der Waals surface area contributed by atoms with E-state index in [9.17, 15) is 4.79 Å². The number of hydrogen-bond donors (Lipinski definition) is 1. The number of rotatable bonds is 4. The molecule has 0 unspecified atom stereocenters. The van der Waals surface area contributed by atoms with E-state index in [0.29, 0.717) is 5.13 Å². The maximum absolute atomic E-state index is 12.4. The molecule has 0 fully saturated rings. The zero-order valence-electron chi connectivity index (χ0n) is 12.3. The van der Waals surface area contributed by atoms with Gasteiger partial charge >= 0.3 is 0 Å². The molecule has 4 nitrogen and oxygen atoms in total. The predicted molar refractivity (Wildman–Crippen MR) is 87.4 cm³/mol. The van der Waals surface area contributed by atoms with Crippen LogP contribution < -0.4 is 5.32 Å². The molecule has 2 aromatic rings. The summed E-state index contributed by atoms with van der Waals surface area (Å²) < 4.78 is 0. The third kappa shape index (κ3) is 3.01. The number of carbonyl (C=O) groups is 1. The second-order valence-electron chi connectivity index (χ2n) is 5.38. The van der Waals surface area contributed by atoms with E-state index >= 15 is 0 Å². The summed E-state index contributed by atoms with van der Waals surface area (Å²) in [5.74, 6) is 0.739. The molecule has 0 saturated heterocycles. The van der Waals surface area contributed by atoms with Gasteiger partial charge in [0.2, 0.25) is 5.13 Å². The van der Waals surface area contributed by atoms with E-state index < -0.39 is 0 Å². The Morgan fingerprint density at radius 3 is 3.00 bits per heavy atom. The van der Waals surface area contributed by atoms with Crippen LogP contribution in [0, 0.1) is 5.92 Å². The molecule has 0 radical (unpaired) electrons. The van der Waals surface area contributed by atoms with E-state index in [2.05, 4.69) is 22.4 Å². The summed E-state index contributed by atoms with van der Waals surface area (Å²) in [6.45, 7) is 4.28. The zero-order valence-corrected chi connectivity index (χ0v) is 13.9. The molecule has 0 aliphatic heterocycles. The number of amides is 1. The predicted octanol–water partition coefficient (Wildman–Crippen LogP) is 3.93. The molecule has 112 valence electrons. The van der Waals surface area contributed by atoms with Crippen molar-refractivity contribution in [2.24, 2.45) is 5.92 Å². The summed E-state index contributed by atoms with van der Waals surface area (Å²) in [6, 6.07) is 0. The van der Waals surface area contributed by atoms with Gasteiger partial charge in [-0.1, -0.05) is 31.6 Å². The Morgan fingerprint density at radius 2 is 2.29 bits per heavy atom. The lowest BCUT2D eigenvalue weighted by molar-refractivity contribution is 0.102. The van der Waals surface area contributed by atoms with Crippen molar-refractivity contribution in [1.82, 2.24) is 10.2 Å². The van der Waals surface area contributed by atoms with Gasteiger partial charge in [0.15, 0.2) is 0 Å². The number of aryl methyl sites for hydroxylation is 1. The molecule has 0 aromatic carbocycles. The average Bonchev–Trinajstić information content (AvgIpc) is 3.12. The zero-order chi connectivity index (χ0) is 14.8. The fraction of sp³-hybridized carbons (Fsp3) is 0.533. The normalized spacial score (nSPS) is 17.5. The van der Waals surface area contributed by atoms with Crippen LogP contribution >= 0.6 is 22.7 Å². The number of hydrogen-bond acceptors (Lipinski definition) is 5. The summed E-state index contributed by atoms with van der Waals surface area (Å²) in [7, 11) is 0. The van der Waals surface area contributed by atoms with Crippen molar-refractivity contribution in [2.75, 3.05) is 5.32 Å². The standard InChI is InChI=1S/C15H19N3OS2/c1-3-9-5-6-10-11(8-20-12(10)7-9)14(19)16-15-18-17-13(4-2)21-15/h8-9H,3-7H2,1-2H3,(H,16,18,19)/t9-/m1/s1. The highest BCUT2D eigenvalue weighted by Crippen LogP contribution is 2.34. The first-order valence-corrected chi connectivity index (χ1v) is 9.13. The molecule has 1 atom stereocenters. The minimum Gasteiger partial charge on any atom is -0.296 e. The first-order chi connectivity index (χ1) is 10.2. The average molecular weight is 321 g/mol.